The molecule has 24 heavy (non-hydrogen) atoms. The van der Waals surface area contributed by atoms with Gasteiger partial charge in [0.25, 0.3) is 0 Å². The minimum absolute atomic E-state index is 0.119. The van der Waals surface area contributed by atoms with E-state index in [1.165, 1.54) is 12.8 Å². The van der Waals surface area contributed by atoms with E-state index in [1.54, 1.807) is 0 Å². The van der Waals surface area contributed by atoms with E-state index in [0.29, 0.717) is 5.92 Å². The molecule has 0 bridgehead atoms. The quantitative estimate of drug-likeness (QED) is 0.860. The lowest BCUT2D eigenvalue weighted by atomic mass is 10.1. The third-order valence-corrected chi connectivity index (χ3v) is 4.95. The molecule has 0 unspecified atom stereocenters. The van der Waals surface area contributed by atoms with E-state index in [0.717, 1.165) is 49.0 Å². The Morgan fingerprint density at radius 2 is 2.12 bits per heavy atom. The van der Waals surface area contributed by atoms with Gasteiger partial charge in [-0.05, 0) is 31.5 Å². The zero-order valence-electron chi connectivity index (χ0n) is 13.9. The van der Waals surface area contributed by atoms with Gasteiger partial charge in [-0.15, -0.1) is 0 Å². The lowest BCUT2D eigenvalue weighted by Gasteiger charge is -2.37. The van der Waals surface area contributed by atoms with Crippen molar-refractivity contribution in [1.82, 2.24) is 19.9 Å². The Morgan fingerprint density at radius 1 is 1.29 bits per heavy atom. The predicted octanol–water partition coefficient (Wildman–Crippen LogP) is 2.31. The highest BCUT2D eigenvalue weighted by Gasteiger charge is 2.33. The van der Waals surface area contributed by atoms with Crippen LogP contribution in [0.15, 0.2) is 28.8 Å². The summed E-state index contributed by atoms with van der Waals surface area (Å²) in [5.41, 5.74) is 1.83. The normalized spacial score (nSPS) is 22.4. The molecule has 1 aliphatic carbocycles. The van der Waals surface area contributed by atoms with Crippen molar-refractivity contribution in [3.63, 3.8) is 0 Å². The fourth-order valence-electron chi connectivity index (χ4n) is 3.24. The van der Waals surface area contributed by atoms with Gasteiger partial charge in [-0.25, -0.2) is 0 Å². The highest BCUT2D eigenvalue weighted by atomic mass is 16.5. The molecule has 1 aromatic heterocycles. The van der Waals surface area contributed by atoms with Gasteiger partial charge in [-0.2, -0.15) is 10.2 Å². The second-order valence-corrected chi connectivity index (χ2v) is 6.77. The third-order valence-electron chi connectivity index (χ3n) is 4.95. The molecule has 2 aliphatic rings. The van der Waals surface area contributed by atoms with Crippen LogP contribution in [-0.4, -0.2) is 46.6 Å². The highest BCUT2D eigenvalue weighted by Crippen LogP contribution is 2.38. The van der Waals surface area contributed by atoms with Crippen molar-refractivity contribution in [2.75, 3.05) is 26.7 Å². The van der Waals surface area contributed by atoms with Crippen LogP contribution in [0.2, 0.25) is 0 Å². The van der Waals surface area contributed by atoms with E-state index < -0.39 is 0 Å². The molecule has 1 saturated heterocycles. The van der Waals surface area contributed by atoms with Crippen LogP contribution < -0.4 is 0 Å². The van der Waals surface area contributed by atoms with E-state index in [9.17, 15) is 5.26 Å². The van der Waals surface area contributed by atoms with Crippen molar-refractivity contribution in [1.29, 1.82) is 5.26 Å². The number of nitrogens with zero attached hydrogens (tertiary/aromatic N) is 5. The van der Waals surface area contributed by atoms with Crippen molar-refractivity contribution in [3.05, 3.63) is 47.1 Å². The Hall–Kier alpha value is -2.23. The Morgan fingerprint density at radius 3 is 2.92 bits per heavy atom. The smallest absolute Gasteiger partial charge is 0.245 e. The summed E-state index contributed by atoms with van der Waals surface area (Å²) in [5, 5.41) is 13.4. The maximum Gasteiger partial charge on any atom is 0.245 e. The molecule has 0 amide bonds. The van der Waals surface area contributed by atoms with Gasteiger partial charge >= 0.3 is 0 Å². The van der Waals surface area contributed by atoms with Gasteiger partial charge in [0.05, 0.1) is 11.6 Å². The van der Waals surface area contributed by atoms with Crippen molar-refractivity contribution in [2.24, 2.45) is 0 Å². The van der Waals surface area contributed by atoms with Gasteiger partial charge in [0, 0.05) is 32.1 Å². The summed E-state index contributed by atoms with van der Waals surface area (Å²) in [6.07, 6.45) is 2.35. The summed E-state index contributed by atoms with van der Waals surface area (Å²) in [6.45, 7) is 3.52. The molecule has 1 aliphatic heterocycles. The zero-order chi connectivity index (χ0) is 16.5. The predicted molar refractivity (Wildman–Crippen MR) is 88.1 cm³/mol. The summed E-state index contributed by atoms with van der Waals surface area (Å²) in [7, 11) is 2.10. The third kappa shape index (κ3) is 3.05. The van der Waals surface area contributed by atoms with E-state index in [2.05, 4.69) is 33.1 Å². The molecule has 0 radical (unpaired) electrons. The number of rotatable bonds is 4. The molecule has 1 saturated carbocycles. The van der Waals surface area contributed by atoms with Gasteiger partial charge in [0.2, 0.25) is 5.89 Å². The Labute approximate surface area is 141 Å². The largest absolute Gasteiger partial charge is 0.338 e. The molecule has 1 aromatic carbocycles. The second-order valence-electron chi connectivity index (χ2n) is 6.77. The van der Waals surface area contributed by atoms with Gasteiger partial charge in [0.1, 0.15) is 6.04 Å². The number of piperazine rings is 1. The molecule has 6 heteroatoms. The molecule has 4 rings (SSSR count). The SMILES string of the molecule is CN1CCN(Cc2ccccc2C#N)C[C@H]1c1nc(C2CC2)no1. The Bertz CT molecular complexity index is 761. The van der Waals surface area contributed by atoms with E-state index >= 15 is 0 Å². The first kappa shape index (κ1) is 15.3. The topological polar surface area (TPSA) is 69.2 Å². The first-order valence-corrected chi connectivity index (χ1v) is 8.48. The Balaban J connectivity index is 1.49. The summed E-state index contributed by atoms with van der Waals surface area (Å²) in [5.74, 6) is 2.10. The van der Waals surface area contributed by atoms with Crippen LogP contribution in [0.25, 0.3) is 0 Å². The maximum atomic E-state index is 9.27. The second kappa shape index (κ2) is 6.34. The molecule has 2 aromatic rings. The number of nitriles is 1. The summed E-state index contributed by atoms with van der Waals surface area (Å²) < 4.78 is 5.54. The summed E-state index contributed by atoms with van der Waals surface area (Å²) in [6, 6.07) is 10.2. The first-order chi connectivity index (χ1) is 11.7. The molecule has 2 heterocycles. The molecular formula is C18H21N5O. The van der Waals surface area contributed by atoms with Crippen LogP contribution in [0.4, 0.5) is 0 Å². The van der Waals surface area contributed by atoms with Crippen LogP contribution in [-0.2, 0) is 6.54 Å². The minimum Gasteiger partial charge on any atom is -0.338 e. The number of hydrogen-bond acceptors (Lipinski definition) is 6. The Kier molecular flexibility index (Phi) is 4.05. The average molecular weight is 323 g/mol. The number of benzene rings is 1. The average Bonchev–Trinajstić information content (AvgIpc) is 3.34. The van der Waals surface area contributed by atoms with Gasteiger partial charge < -0.3 is 4.52 Å². The van der Waals surface area contributed by atoms with Crippen LogP contribution in [0.5, 0.6) is 0 Å². The fourth-order valence-corrected chi connectivity index (χ4v) is 3.24. The minimum atomic E-state index is 0.119. The standard InChI is InChI=1S/C18H21N5O/c1-22-8-9-23(11-15-5-3-2-4-14(15)10-19)12-16(22)18-20-17(21-24-18)13-6-7-13/h2-5,13,16H,6-9,11-12H2,1H3/t16-/m0/s1. The molecule has 2 fully saturated rings. The van der Waals surface area contributed by atoms with E-state index in [4.69, 9.17) is 4.52 Å². The molecule has 1 atom stereocenters. The molecule has 0 N–H and O–H groups in total. The number of aromatic nitrogens is 2. The number of hydrogen-bond donors (Lipinski definition) is 0. The highest BCUT2D eigenvalue weighted by molar-refractivity contribution is 5.37. The maximum absolute atomic E-state index is 9.27. The van der Waals surface area contributed by atoms with Crippen LogP contribution in [0.1, 0.15) is 47.6 Å². The van der Waals surface area contributed by atoms with E-state index in [-0.39, 0.29) is 6.04 Å². The van der Waals surface area contributed by atoms with E-state index in [1.807, 2.05) is 24.3 Å². The number of likely N-dealkylation sites (N-methyl/N-ethyl adjacent to an activating group) is 1. The van der Waals surface area contributed by atoms with Crippen molar-refractivity contribution in [3.8, 4) is 6.07 Å². The van der Waals surface area contributed by atoms with Crippen molar-refractivity contribution >= 4 is 0 Å². The molecule has 124 valence electrons. The monoisotopic (exact) mass is 323 g/mol. The van der Waals surface area contributed by atoms with Gasteiger partial charge in [-0.1, -0.05) is 23.4 Å². The van der Waals surface area contributed by atoms with Crippen LogP contribution >= 0.6 is 0 Å². The first-order valence-electron chi connectivity index (χ1n) is 8.48. The van der Waals surface area contributed by atoms with Gasteiger partial charge in [0.15, 0.2) is 5.82 Å². The molecule has 6 nitrogen and oxygen atoms in total. The van der Waals surface area contributed by atoms with Crippen molar-refractivity contribution in [2.45, 2.75) is 31.3 Å². The zero-order valence-corrected chi connectivity index (χ0v) is 13.9. The van der Waals surface area contributed by atoms with Crippen LogP contribution in [0.3, 0.4) is 0 Å². The molecule has 0 spiro atoms. The summed E-state index contributed by atoms with van der Waals surface area (Å²) in [4.78, 5) is 9.26. The summed E-state index contributed by atoms with van der Waals surface area (Å²) >= 11 is 0. The molecular weight excluding hydrogens is 302 g/mol. The van der Waals surface area contributed by atoms with Crippen LogP contribution in [0, 0.1) is 11.3 Å². The lowest BCUT2D eigenvalue weighted by Crippen LogP contribution is -2.46. The fraction of sp³-hybridized carbons (Fsp3) is 0.500. The lowest BCUT2D eigenvalue weighted by molar-refractivity contribution is 0.0714. The van der Waals surface area contributed by atoms with Crippen molar-refractivity contribution < 1.29 is 4.52 Å². The van der Waals surface area contributed by atoms with Gasteiger partial charge in [-0.3, -0.25) is 9.80 Å².